The highest BCUT2D eigenvalue weighted by Crippen LogP contribution is 2.23. The van der Waals surface area contributed by atoms with Gasteiger partial charge in [0.2, 0.25) is 0 Å². The summed E-state index contributed by atoms with van der Waals surface area (Å²) in [6.45, 7) is 1.96. The molecule has 0 aliphatic carbocycles. The second-order valence-corrected chi connectivity index (χ2v) is 4.62. The van der Waals surface area contributed by atoms with Crippen LogP contribution in [0, 0.1) is 0 Å². The Hall–Kier alpha value is -2.01. The summed E-state index contributed by atoms with van der Waals surface area (Å²) in [5.74, 6) is -0.579. The van der Waals surface area contributed by atoms with E-state index in [1.54, 1.807) is 21.1 Å². The molecular formula is C16H22N2O4. The molecule has 0 aliphatic rings. The number of carbonyl (C=O) groups is 1. The van der Waals surface area contributed by atoms with Gasteiger partial charge in [-0.25, -0.2) is 4.79 Å². The van der Waals surface area contributed by atoms with Crippen LogP contribution < -0.4 is 0 Å². The smallest absolute Gasteiger partial charge is 0.416 e. The number of methoxy groups -OCH3 is 2. The normalized spacial score (nSPS) is 10.4. The van der Waals surface area contributed by atoms with Gasteiger partial charge < -0.3 is 19.7 Å². The number of benzene rings is 1. The van der Waals surface area contributed by atoms with Crippen molar-refractivity contribution < 1.29 is 23.8 Å². The summed E-state index contributed by atoms with van der Waals surface area (Å²) in [5.41, 5.74) is 10.9. The molecule has 1 rings (SSSR count). The van der Waals surface area contributed by atoms with E-state index in [1.807, 2.05) is 24.3 Å². The Balaban J connectivity index is 2.69. The van der Waals surface area contributed by atoms with Gasteiger partial charge in [0.05, 0.1) is 13.0 Å². The minimum absolute atomic E-state index is 0.0364. The number of esters is 1. The molecule has 0 saturated carbocycles. The lowest BCUT2D eigenvalue weighted by molar-refractivity contribution is -0.140. The van der Waals surface area contributed by atoms with Crippen LogP contribution in [0.3, 0.4) is 0 Å². The number of hydrogen-bond acceptors (Lipinski definition) is 4. The number of carbonyl (C=O) groups excluding carboxylic acids is 1. The number of ether oxygens (including phenoxy) is 3. The van der Waals surface area contributed by atoms with Crippen LogP contribution in [-0.2, 0) is 25.4 Å². The maximum absolute atomic E-state index is 11.5. The van der Waals surface area contributed by atoms with E-state index >= 15 is 0 Å². The van der Waals surface area contributed by atoms with Crippen molar-refractivity contribution in [3.63, 3.8) is 0 Å². The Morgan fingerprint density at radius 3 is 2.55 bits per heavy atom. The highest BCUT2D eigenvalue weighted by Gasteiger charge is 2.21. The highest BCUT2D eigenvalue weighted by atomic mass is 16.7. The zero-order chi connectivity index (χ0) is 16.4. The van der Waals surface area contributed by atoms with Gasteiger partial charge in [-0.05, 0) is 25.3 Å². The van der Waals surface area contributed by atoms with Crippen molar-refractivity contribution in [2.45, 2.75) is 32.5 Å². The molecule has 0 aliphatic heterocycles. The van der Waals surface area contributed by atoms with Crippen LogP contribution >= 0.6 is 0 Å². The molecule has 0 spiro atoms. The van der Waals surface area contributed by atoms with E-state index in [4.69, 9.17) is 19.7 Å². The third-order valence-electron chi connectivity index (χ3n) is 3.23. The molecule has 6 heteroatoms. The molecule has 0 bridgehead atoms. The van der Waals surface area contributed by atoms with Crippen molar-refractivity contribution >= 4 is 11.7 Å². The first kappa shape index (κ1) is 18.0. The molecule has 0 aromatic heterocycles. The SMILES string of the molecule is CCOC(=O)C(CCCc1ccccc1C(OC)OC)=[N+]=[N-]. The van der Waals surface area contributed by atoms with Crippen molar-refractivity contribution in [3.05, 3.63) is 40.9 Å². The Kier molecular flexibility index (Phi) is 8.07. The van der Waals surface area contributed by atoms with Crippen LogP contribution in [0.15, 0.2) is 24.3 Å². The molecule has 0 radical (unpaired) electrons. The highest BCUT2D eigenvalue weighted by molar-refractivity contribution is 6.33. The number of rotatable bonds is 9. The van der Waals surface area contributed by atoms with E-state index < -0.39 is 12.3 Å². The van der Waals surface area contributed by atoms with Crippen molar-refractivity contribution in [2.75, 3.05) is 20.8 Å². The Morgan fingerprint density at radius 1 is 1.27 bits per heavy atom. The fourth-order valence-electron chi connectivity index (χ4n) is 2.20. The molecule has 22 heavy (non-hydrogen) atoms. The van der Waals surface area contributed by atoms with Crippen molar-refractivity contribution in [2.24, 2.45) is 0 Å². The first-order valence-electron chi connectivity index (χ1n) is 7.19. The van der Waals surface area contributed by atoms with Crippen LogP contribution in [0.1, 0.15) is 37.2 Å². The van der Waals surface area contributed by atoms with Crippen LogP contribution in [-0.4, -0.2) is 37.3 Å². The topological polar surface area (TPSA) is 81.2 Å². The van der Waals surface area contributed by atoms with Crippen LogP contribution in [0.2, 0.25) is 0 Å². The zero-order valence-electron chi connectivity index (χ0n) is 13.2. The lowest BCUT2D eigenvalue weighted by Crippen LogP contribution is -2.18. The van der Waals surface area contributed by atoms with Crippen LogP contribution in [0.5, 0.6) is 0 Å². The summed E-state index contributed by atoms with van der Waals surface area (Å²) in [4.78, 5) is 14.6. The van der Waals surface area contributed by atoms with Crippen LogP contribution in [0.4, 0.5) is 0 Å². The van der Waals surface area contributed by atoms with Gasteiger partial charge in [0, 0.05) is 19.8 Å². The lowest BCUT2D eigenvalue weighted by atomic mass is 10.0. The van der Waals surface area contributed by atoms with Crippen LogP contribution in [0.25, 0.3) is 5.53 Å². The second kappa shape index (κ2) is 9.84. The fourth-order valence-corrected chi connectivity index (χ4v) is 2.20. The van der Waals surface area contributed by atoms with Gasteiger partial charge in [-0.2, -0.15) is 4.79 Å². The van der Waals surface area contributed by atoms with E-state index in [2.05, 4.69) is 4.79 Å². The summed E-state index contributed by atoms with van der Waals surface area (Å²) < 4.78 is 15.4. The molecular weight excluding hydrogens is 284 g/mol. The van der Waals surface area contributed by atoms with E-state index in [0.717, 1.165) is 11.1 Å². The summed E-state index contributed by atoms with van der Waals surface area (Å²) in [6.07, 6.45) is 1.27. The van der Waals surface area contributed by atoms with E-state index in [1.165, 1.54) is 0 Å². The molecule has 0 fully saturated rings. The van der Waals surface area contributed by atoms with E-state index in [9.17, 15) is 4.79 Å². The first-order chi connectivity index (χ1) is 10.7. The van der Waals surface area contributed by atoms with Crippen molar-refractivity contribution in [1.82, 2.24) is 0 Å². The van der Waals surface area contributed by atoms with Crippen molar-refractivity contribution in [1.29, 1.82) is 0 Å². The Morgan fingerprint density at radius 2 is 1.95 bits per heavy atom. The molecule has 0 N–H and O–H groups in total. The average Bonchev–Trinajstić information content (AvgIpc) is 2.54. The standard InChI is InChI=1S/C16H22N2O4/c1-4-22-15(19)14(18-17)11-7-9-12-8-5-6-10-13(12)16(20-2)21-3/h5-6,8,10,16H,4,7,9,11H2,1-3H3. The third-order valence-corrected chi connectivity index (χ3v) is 3.23. The molecule has 120 valence electrons. The van der Waals surface area contributed by atoms with Gasteiger partial charge in [-0.15, -0.1) is 0 Å². The lowest BCUT2D eigenvalue weighted by Gasteiger charge is -2.17. The molecule has 0 atom stereocenters. The number of nitrogens with zero attached hydrogens (tertiary/aromatic N) is 2. The molecule has 6 nitrogen and oxygen atoms in total. The van der Waals surface area contributed by atoms with Gasteiger partial charge in [-0.1, -0.05) is 24.3 Å². The first-order valence-corrected chi connectivity index (χ1v) is 7.19. The Labute approximate surface area is 130 Å². The van der Waals surface area contributed by atoms with Gasteiger partial charge in [-0.3, -0.25) is 0 Å². The Bertz CT molecular complexity index is 535. The fraction of sp³-hybridized carbons (Fsp3) is 0.500. The average molecular weight is 306 g/mol. The molecule has 0 saturated heterocycles. The summed E-state index contributed by atoms with van der Waals surface area (Å²) in [6, 6.07) is 7.79. The zero-order valence-corrected chi connectivity index (χ0v) is 13.2. The van der Waals surface area contributed by atoms with E-state index in [0.29, 0.717) is 19.3 Å². The van der Waals surface area contributed by atoms with Gasteiger partial charge in [0.15, 0.2) is 6.29 Å². The molecule has 0 heterocycles. The maximum Gasteiger partial charge on any atom is 0.416 e. The minimum atomic E-state index is -0.579. The monoisotopic (exact) mass is 306 g/mol. The summed E-state index contributed by atoms with van der Waals surface area (Å²) in [5, 5.41) is 0. The van der Waals surface area contributed by atoms with E-state index in [-0.39, 0.29) is 12.3 Å². The predicted molar refractivity (Wildman–Crippen MR) is 81.4 cm³/mol. The molecule has 0 unspecified atom stereocenters. The minimum Gasteiger partial charge on any atom is -0.457 e. The predicted octanol–water partition coefficient (Wildman–Crippen LogP) is 2.53. The van der Waals surface area contributed by atoms with Gasteiger partial charge in [0.25, 0.3) is 0 Å². The molecule has 0 amide bonds. The quantitative estimate of drug-likeness (QED) is 0.231. The summed E-state index contributed by atoms with van der Waals surface area (Å²) in [7, 11) is 3.17. The van der Waals surface area contributed by atoms with Crippen molar-refractivity contribution in [3.8, 4) is 0 Å². The maximum atomic E-state index is 11.5. The largest absolute Gasteiger partial charge is 0.457 e. The number of hydrogen-bond donors (Lipinski definition) is 0. The second-order valence-electron chi connectivity index (χ2n) is 4.62. The van der Waals surface area contributed by atoms with Gasteiger partial charge >= 0.3 is 11.7 Å². The van der Waals surface area contributed by atoms with Gasteiger partial charge in [0.1, 0.15) is 0 Å². The molecule has 1 aromatic carbocycles. The number of aryl methyl sites for hydroxylation is 1. The molecule has 1 aromatic rings. The third kappa shape index (κ3) is 5.07. The summed E-state index contributed by atoms with van der Waals surface area (Å²) >= 11 is 0.